The quantitative estimate of drug-likeness (QED) is 0.425. The first-order valence-electron chi connectivity index (χ1n) is 7.47. The van der Waals surface area contributed by atoms with Crippen molar-refractivity contribution < 1.29 is 19.4 Å². The molecule has 4 N–H and O–H groups in total. The van der Waals surface area contributed by atoms with Gasteiger partial charge < -0.3 is 15.1 Å². The van der Waals surface area contributed by atoms with Crippen molar-refractivity contribution in [2.24, 2.45) is 11.8 Å². The molecule has 8 nitrogen and oxygen atoms in total. The predicted molar refractivity (Wildman–Crippen MR) is 83.6 cm³/mol. The van der Waals surface area contributed by atoms with Crippen LogP contribution in [0.5, 0.6) is 5.75 Å². The SMILES string of the molecule is CC(=O)[N+]([O-])(NN)c1ccc(OC2CCCCC2C(=O)O)cc1. The summed E-state index contributed by atoms with van der Waals surface area (Å²) in [5.74, 6) is 3.54. The molecular weight excluding hydrogens is 302 g/mol. The number of amides is 1. The first kappa shape index (κ1) is 17.4. The lowest BCUT2D eigenvalue weighted by molar-refractivity contribution is -0.146. The maximum Gasteiger partial charge on any atom is 0.336 e. The van der Waals surface area contributed by atoms with Crippen LogP contribution in [0, 0.1) is 11.1 Å². The second-order valence-corrected chi connectivity index (χ2v) is 5.64. The number of rotatable bonds is 5. The van der Waals surface area contributed by atoms with Crippen LogP contribution in [-0.2, 0) is 9.59 Å². The van der Waals surface area contributed by atoms with E-state index in [4.69, 9.17) is 10.6 Å². The molecule has 1 aliphatic rings. The van der Waals surface area contributed by atoms with Crippen molar-refractivity contribution in [1.82, 2.24) is 10.3 Å². The Kier molecular flexibility index (Phi) is 5.32. The maximum atomic E-state index is 12.2. The van der Waals surface area contributed by atoms with Gasteiger partial charge in [0.15, 0.2) is 5.69 Å². The van der Waals surface area contributed by atoms with Crippen molar-refractivity contribution in [3.8, 4) is 5.75 Å². The van der Waals surface area contributed by atoms with Gasteiger partial charge in [0.25, 0.3) is 0 Å². The minimum Gasteiger partial charge on any atom is -0.598 e. The molecule has 23 heavy (non-hydrogen) atoms. The average molecular weight is 323 g/mol. The molecule has 126 valence electrons. The molecule has 0 bridgehead atoms. The van der Waals surface area contributed by atoms with Crippen molar-refractivity contribution >= 4 is 17.6 Å². The molecule has 1 saturated carbocycles. The predicted octanol–water partition coefficient (Wildman–Crippen LogP) is 1.44. The second-order valence-electron chi connectivity index (χ2n) is 5.64. The number of hydrogen-bond donors (Lipinski definition) is 3. The number of carboxylic acid groups (broad SMARTS) is 1. The van der Waals surface area contributed by atoms with Crippen LogP contribution in [0.2, 0.25) is 0 Å². The number of nitrogens with two attached hydrogens (primary N) is 1. The van der Waals surface area contributed by atoms with Gasteiger partial charge in [-0.3, -0.25) is 4.79 Å². The minimum atomic E-state index is -1.48. The van der Waals surface area contributed by atoms with E-state index in [-0.39, 0.29) is 11.8 Å². The van der Waals surface area contributed by atoms with Gasteiger partial charge in [0.2, 0.25) is 0 Å². The fourth-order valence-electron chi connectivity index (χ4n) is 2.78. The Labute approximate surface area is 133 Å². The molecule has 1 aliphatic carbocycles. The largest absolute Gasteiger partial charge is 0.598 e. The first-order chi connectivity index (χ1) is 10.9. The lowest BCUT2D eigenvalue weighted by Crippen LogP contribution is -2.61. The highest BCUT2D eigenvalue weighted by atomic mass is 16.6. The summed E-state index contributed by atoms with van der Waals surface area (Å²) in [6, 6.07) is 5.94. The standard InChI is InChI=1S/C15H21N3O5/c1-10(19)18(22,17-16)11-6-8-12(9-7-11)23-14-5-3-2-4-13(14)15(20)21/h6-9,13-14,17H,2-5,16H2,1H3,(H,20,21). The van der Waals surface area contributed by atoms with E-state index >= 15 is 0 Å². The number of aliphatic carboxylic acids is 1. The number of nitrogens with one attached hydrogen (secondary N) is 1. The molecule has 0 heterocycles. The third-order valence-electron chi connectivity index (χ3n) is 4.13. The van der Waals surface area contributed by atoms with Gasteiger partial charge in [-0.25, -0.2) is 10.6 Å². The van der Waals surface area contributed by atoms with Gasteiger partial charge in [0.1, 0.15) is 11.9 Å². The van der Waals surface area contributed by atoms with Gasteiger partial charge >= 0.3 is 11.9 Å². The molecule has 0 spiro atoms. The summed E-state index contributed by atoms with van der Waals surface area (Å²) in [6.45, 7) is 1.14. The summed E-state index contributed by atoms with van der Waals surface area (Å²) in [6.07, 6.45) is 2.69. The van der Waals surface area contributed by atoms with E-state index in [1.807, 2.05) is 5.53 Å². The van der Waals surface area contributed by atoms with Crippen LogP contribution >= 0.6 is 0 Å². The van der Waals surface area contributed by atoms with Gasteiger partial charge in [-0.15, -0.1) is 0 Å². The lowest BCUT2D eigenvalue weighted by atomic mass is 9.86. The van der Waals surface area contributed by atoms with Gasteiger partial charge in [-0.1, -0.05) is 12.0 Å². The van der Waals surface area contributed by atoms with E-state index in [1.165, 1.54) is 24.3 Å². The monoisotopic (exact) mass is 323 g/mol. The molecule has 3 unspecified atom stereocenters. The number of carbonyl (C=O) groups excluding carboxylic acids is 1. The molecule has 1 amide bonds. The molecule has 0 saturated heterocycles. The Bertz CT molecular complexity index is 577. The Morgan fingerprint density at radius 3 is 2.43 bits per heavy atom. The van der Waals surface area contributed by atoms with E-state index in [9.17, 15) is 19.9 Å². The van der Waals surface area contributed by atoms with Gasteiger partial charge in [0.05, 0.1) is 12.8 Å². The summed E-state index contributed by atoms with van der Waals surface area (Å²) in [5.41, 5.74) is 2.05. The van der Waals surface area contributed by atoms with Gasteiger partial charge in [-0.2, -0.15) is 4.76 Å². The zero-order valence-electron chi connectivity index (χ0n) is 12.9. The van der Waals surface area contributed by atoms with Crippen molar-refractivity contribution in [3.05, 3.63) is 29.5 Å². The number of benzene rings is 1. The Hall–Kier alpha value is -2.00. The lowest BCUT2D eigenvalue weighted by Gasteiger charge is -2.35. The smallest absolute Gasteiger partial charge is 0.336 e. The highest BCUT2D eigenvalue weighted by Gasteiger charge is 2.32. The molecule has 1 aromatic rings. The number of hydroxylamine groups is 1. The fraction of sp³-hybridized carbons (Fsp3) is 0.467. The van der Waals surface area contributed by atoms with Crippen LogP contribution in [0.1, 0.15) is 32.6 Å². The number of ether oxygens (including phenoxy) is 1. The second kappa shape index (κ2) is 7.05. The molecule has 1 aromatic carbocycles. The van der Waals surface area contributed by atoms with E-state index in [2.05, 4.69) is 0 Å². The van der Waals surface area contributed by atoms with Crippen molar-refractivity contribution in [3.63, 3.8) is 0 Å². The zero-order chi connectivity index (χ0) is 17.0. The van der Waals surface area contributed by atoms with Crippen LogP contribution in [0.25, 0.3) is 0 Å². The van der Waals surface area contributed by atoms with Crippen LogP contribution in [-0.4, -0.2) is 23.1 Å². The van der Waals surface area contributed by atoms with Gasteiger partial charge in [-0.05, 0) is 31.4 Å². The highest BCUT2D eigenvalue weighted by molar-refractivity contribution is 5.86. The topological polar surface area (TPSA) is 125 Å². The molecule has 0 aromatic heterocycles. The van der Waals surface area contributed by atoms with Crippen LogP contribution < -0.4 is 20.9 Å². The van der Waals surface area contributed by atoms with E-state index in [0.717, 1.165) is 19.8 Å². The minimum absolute atomic E-state index is 0.116. The Morgan fingerprint density at radius 2 is 1.91 bits per heavy atom. The van der Waals surface area contributed by atoms with Crippen molar-refractivity contribution in [2.75, 3.05) is 0 Å². The molecule has 1 fully saturated rings. The average Bonchev–Trinajstić information content (AvgIpc) is 2.55. The Balaban J connectivity index is 2.13. The van der Waals surface area contributed by atoms with E-state index < -0.39 is 22.5 Å². The molecule has 8 heteroatoms. The highest BCUT2D eigenvalue weighted by Crippen LogP contribution is 2.30. The summed E-state index contributed by atoms with van der Waals surface area (Å²) >= 11 is 0. The molecule has 0 aliphatic heterocycles. The zero-order valence-corrected chi connectivity index (χ0v) is 12.9. The van der Waals surface area contributed by atoms with Crippen molar-refractivity contribution in [1.29, 1.82) is 0 Å². The first-order valence-corrected chi connectivity index (χ1v) is 7.47. The molecule has 0 radical (unpaired) electrons. The number of hydrogen-bond acceptors (Lipinski definition) is 6. The maximum absolute atomic E-state index is 12.2. The Morgan fingerprint density at radius 1 is 1.30 bits per heavy atom. The molecule has 2 rings (SSSR count). The van der Waals surface area contributed by atoms with Gasteiger partial charge in [0, 0.05) is 12.1 Å². The number of hydrazine groups is 1. The molecule has 3 atom stereocenters. The summed E-state index contributed by atoms with van der Waals surface area (Å²) < 4.78 is 4.28. The van der Waals surface area contributed by atoms with Crippen LogP contribution in [0.3, 0.4) is 0 Å². The summed E-state index contributed by atoms with van der Waals surface area (Å²) in [4.78, 5) is 22.7. The van der Waals surface area contributed by atoms with E-state index in [1.54, 1.807) is 0 Å². The third kappa shape index (κ3) is 3.67. The number of quaternary nitrogens is 1. The van der Waals surface area contributed by atoms with Crippen molar-refractivity contribution in [2.45, 2.75) is 38.7 Å². The van der Waals surface area contributed by atoms with E-state index in [0.29, 0.717) is 18.6 Å². The van der Waals surface area contributed by atoms with Crippen LogP contribution in [0.4, 0.5) is 5.69 Å². The normalized spacial score (nSPS) is 23.8. The van der Waals surface area contributed by atoms with Crippen LogP contribution in [0.15, 0.2) is 24.3 Å². The summed E-state index contributed by atoms with van der Waals surface area (Å²) in [5, 5.41) is 21.5. The third-order valence-corrected chi connectivity index (χ3v) is 4.13. The number of nitrogens with zero attached hydrogens (tertiary/aromatic N) is 1. The number of carboxylic acids is 1. The molecular formula is C15H21N3O5. The number of carbonyl (C=O) groups is 2. The summed E-state index contributed by atoms with van der Waals surface area (Å²) in [7, 11) is 0. The fourth-order valence-corrected chi connectivity index (χ4v) is 2.78.